The van der Waals surface area contributed by atoms with Crippen LogP contribution in [0.5, 0.6) is 0 Å². The van der Waals surface area contributed by atoms with Gasteiger partial charge in [0.2, 0.25) is 10.0 Å². The molecule has 112 valence electrons. The van der Waals surface area contributed by atoms with E-state index in [9.17, 15) is 8.42 Å². The molecule has 0 aromatic heterocycles. The summed E-state index contributed by atoms with van der Waals surface area (Å²) in [6.07, 6.45) is 2.21. The molecular formula is C14H22N2O3S. The Balaban J connectivity index is 2.16. The maximum absolute atomic E-state index is 12.4. The van der Waals surface area contributed by atoms with E-state index in [0.717, 1.165) is 12.0 Å². The molecule has 1 fully saturated rings. The SMILES string of the molecule is CCC(N)c1cccc(S(=O)(=O)NC2CCOCC2)c1. The van der Waals surface area contributed by atoms with Crippen molar-refractivity contribution in [1.82, 2.24) is 4.72 Å². The summed E-state index contributed by atoms with van der Waals surface area (Å²) in [5.74, 6) is 0. The van der Waals surface area contributed by atoms with Crippen molar-refractivity contribution in [2.75, 3.05) is 13.2 Å². The van der Waals surface area contributed by atoms with Gasteiger partial charge in [-0.05, 0) is 37.0 Å². The lowest BCUT2D eigenvalue weighted by Gasteiger charge is -2.23. The van der Waals surface area contributed by atoms with E-state index >= 15 is 0 Å². The van der Waals surface area contributed by atoms with Crippen LogP contribution in [0.25, 0.3) is 0 Å². The van der Waals surface area contributed by atoms with E-state index in [2.05, 4.69) is 4.72 Å². The minimum Gasteiger partial charge on any atom is -0.381 e. The smallest absolute Gasteiger partial charge is 0.240 e. The van der Waals surface area contributed by atoms with Crippen molar-refractivity contribution in [1.29, 1.82) is 0 Å². The number of sulfonamides is 1. The molecule has 0 aliphatic carbocycles. The summed E-state index contributed by atoms with van der Waals surface area (Å²) in [5.41, 5.74) is 6.81. The van der Waals surface area contributed by atoms with E-state index in [1.165, 1.54) is 0 Å². The number of benzene rings is 1. The van der Waals surface area contributed by atoms with Crippen molar-refractivity contribution < 1.29 is 13.2 Å². The first-order valence-corrected chi connectivity index (χ1v) is 8.47. The van der Waals surface area contributed by atoms with Crippen LogP contribution in [0.15, 0.2) is 29.2 Å². The third-order valence-corrected chi connectivity index (χ3v) is 5.10. The third-order valence-electron chi connectivity index (χ3n) is 3.58. The zero-order valence-corrected chi connectivity index (χ0v) is 12.5. The van der Waals surface area contributed by atoms with Crippen LogP contribution in [0.4, 0.5) is 0 Å². The molecule has 1 unspecified atom stereocenters. The Morgan fingerprint density at radius 2 is 2.10 bits per heavy atom. The molecule has 1 heterocycles. The molecule has 1 aromatic rings. The number of ether oxygens (including phenoxy) is 1. The van der Waals surface area contributed by atoms with Crippen LogP contribution in [-0.2, 0) is 14.8 Å². The molecule has 0 bridgehead atoms. The van der Waals surface area contributed by atoms with Crippen molar-refractivity contribution in [2.24, 2.45) is 5.73 Å². The fourth-order valence-electron chi connectivity index (χ4n) is 2.25. The quantitative estimate of drug-likeness (QED) is 0.864. The molecule has 1 aliphatic heterocycles. The average Bonchev–Trinajstić information content (AvgIpc) is 2.47. The molecule has 1 saturated heterocycles. The highest BCUT2D eigenvalue weighted by molar-refractivity contribution is 7.89. The molecule has 0 amide bonds. The number of hydrogen-bond acceptors (Lipinski definition) is 4. The van der Waals surface area contributed by atoms with Gasteiger partial charge >= 0.3 is 0 Å². The van der Waals surface area contributed by atoms with Gasteiger partial charge in [-0.3, -0.25) is 0 Å². The summed E-state index contributed by atoms with van der Waals surface area (Å²) < 4.78 is 32.7. The molecule has 0 saturated carbocycles. The first-order chi connectivity index (χ1) is 9.53. The lowest BCUT2D eigenvalue weighted by atomic mass is 10.1. The van der Waals surface area contributed by atoms with Gasteiger partial charge in [0.1, 0.15) is 0 Å². The Kier molecular flexibility index (Phi) is 5.15. The summed E-state index contributed by atoms with van der Waals surface area (Å²) in [5, 5.41) is 0. The summed E-state index contributed by atoms with van der Waals surface area (Å²) >= 11 is 0. The molecule has 6 heteroatoms. The monoisotopic (exact) mass is 298 g/mol. The number of hydrogen-bond donors (Lipinski definition) is 2. The summed E-state index contributed by atoms with van der Waals surface area (Å²) in [6, 6.07) is 6.69. The van der Waals surface area contributed by atoms with Crippen molar-refractivity contribution in [2.45, 2.75) is 43.2 Å². The Bertz CT molecular complexity index is 539. The fourth-order valence-corrected chi connectivity index (χ4v) is 3.61. The van der Waals surface area contributed by atoms with E-state index in [0.29, 0.717) is 26.1 Å². The highest BCUT2D eigenvalue weighted by atomic mass is 32.2. The van der Waals surface area contributed by atoms with Crippen LogP contribution in [0.3, 0.4) is 0 Å². The Morgan fingerprint density at radius 3 is 2.75 bits per heavy atom. The first kappa shape index (κ1) is 15.4. The van der Waals surface area contributed by atoms with Crippen LogP contribution in [-0.4, -0.2) is 27.7 Å². The molecule has 5 nitrogen and oxygen atoms in total. The Morgan fingerprint density at radius 1 is 1.40 bits per heavy atom. The highest BCUT2D eigenvalue weighted by Crippen LogP contribution is 2.19. The van der Waals surface area contributed by atoms with Crippen molar-refractivity contribution in [3.63, 3.8) is 0 Å². The minimum absolute atomic E-state index is 0.0442. The van der Waals surface area contributed by atoms with Crippen molar-refractivity contribution in [3.8, 4) is 0 Å². The molecule has 1 aliphatic rings. The third kappa shape index (κ3) is 3.79. The van der Waals surface area contributed by atoms with Crippen molar-refractivity contribution in [3.05, 3.63) is 29.8 Å². The van der Waals surface area contributed by atoms with Crippen LogP contribution in [0.2, 0.25) is 0 Å². The lowest BCUT2D eigenvalue weighted by molar-refractivity contribution is 0.0832. The zero-order valence-electron chi connectivity index (χ0n) is 11.7. The standard InChI is InChI=1S/C14H22N2O3S/c1-2-14(15)11-4-3-5-13(10-11)20(17,18)16-12-6-8-19-9-7-12/h3-5,10,12,14,16H,2,6-9,15H2,1H3. The topological polar surface area (TPSA) is 81.4 Å². The first-order valence-electron chi connectivity index (χ1n) is 6.98. The predicted molar refractivity (Wildman–Crippen MR) is 77.8 cm³/mol. The van der Waals surface area contributed by atoms with E-state index in [4.69, 9.17) is 10.5 Å². The molecular weight excluding hydrogens is 276 g/mol. The van der Waals surface area contributed by atoms with Crippen molar-refractivity contribution >= 4 is 10.0 Å². The fraction of sp³-hybridized carbons (Fsp3) is 0.571. The van der Waals surface area contributed by atoms with Crippen LogP contribution < -0.4 is 10.5 Å². The molecule has 0 radical (unpaired) electrons. The van der Waals surface area contributed by atoms with Gasteiger partial charge in [0.05, 0.1) is 4.90 Å². The van der Waals surface area contributed by atoms with Gasteiger partial charge < -0.3 is 10.5 Å². The summed E-state index contributed by atoms with van der Waals surface area (Å²) in [4.78, 5) is 0.283. The van der Waals surface area contributed by atoms with Crippen LogP contribution in [0.1, 0.15) is 37.8 Å². The number of rotatable bonds is 5. The maximum atomic E-state index is 12.4. The van der Waals surface area contributed by atoms with Gasteiger partial charge in [-0.2, -0.15) is 0 Å². The molecule has 3 N–H and O–H groups in total. The van der Waals surface area contributed by atoms with Gasteiger partial charge in [-0.25, -0.2) is 13.1 Å². The molecule has 1 aromatic carbocycles. The molecule has 0 spiro atoms. The second-order valence-electron chi connectivity index (χ2n) is 5.10. The maximum Gasteiger partial charge on any atom is 0.240 e. The normalized spacial score (nSPS) is 18.9. The average molecular weight is 298 g/mol. The van der Waals surface area contributed by atoms with E-state index in [1.54, 1.807) is 18.2 Å². The number of nitrogens with two attached hydrogens (primary N) is 1. The minimum atomic E-state index is -3.49. The van der Waals surface area contributed by atoms with Gasteiger partial charge in [-0.1, -0.05) is 19.1 Å². The van der Waals surface area contributed by atoms with E-state index in [-0.39, 0.29) is 17.0 Å². The Labute approximate surface area is 120 Å². The Hall–Kier alpha value is -0.950. The van der Waals surface area contributed by atoms with Gasteiger partial charge in [0.15, 0.2) is 0 Å². The molecule has 20 heavy (non-hydrogen) atoms. The second-order valence-corrected chi connectivity index (χ2v) is 6.81. The zero-order chi connectivity index (χ0) is 14.6. The van der Waals surface area contributed by atoms with Crippen LogP contribution >= 0.6 is 0 Å². The summed E-state index contributed by atoms with van der Waals surface area (Å²) in [6.45, 7) is 3.19. The second kappa shape index (κ2) is 6.67. The van der Waals surface area contributed by atoms with Gasteiger partial charge in [0, 0.05) is 25.3 Å². The summed E-state index contributed by atoms with van der Waals surface area (Å²) in [7, 11) is -3.49. The predicted octanol–water partition coefficient (Wildman–Crippen LogP) is 1.55. The lowest BCUT2D eigenvalue weighted by Crippen LogP contribution is -2.38. The van der Waals surface area contributed by atoms with Gasteiger partial charge in [0.25, 0.3) is 0 Å². The van der Waals surface area contributed by atoms with E-state index in [1.807, 2.05) is 13.0 Å². The molecule has 1 atom stereocenters. The number of nitrogens with one attached hydrogen (secondary N) is 1. The van der Waals surface area contributed by atoms with E-state index < -0.39 is 10.0 Å². The largest absolute Gasteiger partial charge is 0.381 e. The molecule has 2 rings (SSSR count). The van der Waals surface area contributed by atoms with Crippen LogP contribution in [0, 0.1) is 0 Å². The van der Waals surface area contributed by atoms with Gasteiger partial charge in [-0.15, -0.1) is 0 Å². The highest BCUT2D eigenvalue weighted by Gasteiger charge is 2.22.